The van der Waals surface area contributed by atoms with Crippen molar-refractivity contribution >= 4 is 43.1 Å². The zero-order valence-electron chi connectivity index (χ0n) is 15.5. The van der Waals surface area contributed by atoms with E-state index in [0.29, 0.717) is 0 Å². The van der Waals surface area contributed by atoms with Crippen LogP contribution in [0.5, 0.6) is 0 Å². The molecule has 2 aromatic heterocycles. The summed E-state index contributed by atoms with van der Waals surface area (Å²) in [4.78, 5) is 9.64. The fourth-order valence-corrected chi connectivity index (χ4v) is 4.91. The van der Waals surface area contributed by atoms with Crippen LogP contribution in [0.1, 0.15) is 0 Å². The van der Waals surface area contributed by atoms with Gasteiger partial charge in [-0.2, -0.15) is 0 Å². The molecular weight excluding hydrogens is 372 g/mol. The van der Waals surface area contributed by atoms with Crippen molar-refractivity contribution in [2.75, 3.05) is 0 Å². The van der Waals surface area contributed by atoms with Gasteiger partial charge in [-0.1, -0.05) is 72.8 Å². The van der Waals surface area contributed by atoms with Gasteiger partial charge in [-0.3, -0.25) is 4.98 Å². The fourth-order valence-electron chi connectivity index (χ4n) is 3.92. The minimum absolute atomic E-state index is 1.02. The van der Waals surface area contributed by atoms with Crippen molar-refractivity contribution in [3.05, 3.63) is 97.2 Å². The molecule has 0 aliphatic rings. The molecule has 2 nitrogen and oxygen atoms in total. The Balaban J connectivity index is 1.54. The van der Waals surface area contributed by atoms with Gasteiger partial charge in [0.05, 0.1) is 15.9 Å². The van der Waals surface area contributed by atoms with Gasteiger partial charge in [0.1, 0.15) is 5.01 Å². The lowest BCUT2D eigenvalue weighted by atomic mass is 10.0. The topological polar surface area (TPSA) is 25.8 Å². The van der Waals surface area contributed by atoms with E-state index in [1.807, 2.05) is 12.3 Å². The minimum atomic E-state index is 1.02. The van der Waals surface area contributed by atoms with Crippen LogP contribution in [0.3, 0.4) is 0 Å². The summed E-state index contributed by atoms with van der Waals surface area (Å²) < 4.78 is 1.22. The fraction of sp³-hybridized carbons (Fsp3) is 0. The van der Waals surface area contributed by atoms with Gasteiger partial charge < -0.3 is 0 Å². The Morgan fingerprint density at radius 2 is 1.48 bits per heavy atom. The Bertz CT molecular complexity index is 1490. The summed E-state index contributed by atoms with van der Waals surface area (Å²) in [5, 5.41) is 5.82. The molecule has 4 aromatic carbocycles. The lowest BCUT2D eigenvalue weighted by molar-refractivity contribution is 1.36. The largest absolute Gasteiger partial charge is 0.256 e. The molecule has 0 bridgehead atoms. The quantitative estimate of drug-likeness (QED) is 0.310. The van der Waals surface area contributed by atoms with E-state index in [1.165, 1.54) is 31.8 Å². The molecule has 0 spiro atoms. The number of hydrogen-bond acceptors (Lipinski definition) is 3. The van der Waals surface area contributed by atoms with Gasteiger partial charge in [-0.05, 0) is 29.0 Å². The molecular formula is C26H16N2S. The zero-order valence-corrected chi connectivity index (χ0v) is 16.4. The number of pyridine rings is 1. The lowest BCUT2D eigenvalue weighted by Gasteiger charge is -2.07. The highest BCUT2D eigenvalue weighted by molar-refractivity contribution is 7.21. The van der Waals surface area contributed by atoms with Gasteiger partial charge in [0.25, 0.3) is 0 Å². The Hall–Kier alpha value is -3.56. The lowest BCUT2D eigenvalue weighted by Crippen LogP contribution is -1.86. The summed E-state index contributed by atoms with van der Waals surface area (Å²) in [6, 6.07) is 31.8. The van der Waals surface area contributed by atoms with Crippen LogP contribution < -0.4 is 0 Å². The zero-order chi connectivity index (χ0) is 19.2. The third kappa shape index (κ3) is 2.71. The van der Waals surface area contributed by atoms with Crippen LogP contribution in [0.4, 0.5) is 0 Å². The molecule has 6 aromatic rings. The van der Waals surface area contributed by atoms with Gasteiger partial charge in [-0.15, -0.1) is 11.3 Å². The number of hydrogen-bond donors (Lipinski definition) is 0. The number of nitrogens with zero attached hydrogens (tertiary/aromatic N) is 2. The second-order valence-electron chi connectivity index (χ2n) is 7.11. The first-order valence-electron chi connectivity index (χ1n) is 9.60. The van der Waals surface area contributed by atoms with E-state index in [0.717, 1.165) is 21.8 Å². The van der Waals surface area contributed by atoms with E-state index >= 15 is 0 Å². The van der Waals surface area contributed by atoms with Crippen molar-refractivity contribution in [1.82, 2.24) is 9.97 Å². The van der Waals surface area contributed by atoms with Crippen molar-refractivity contribution in [2.24, 2.45) is 0 Å². The average Bonchev–Trinajstić information content (AvgIpc) is 3.24. The number of fused-ring (bicyclic) bond motifs is 4. The molecule has 0 aliphatic heterocycles. The highest BCUT2D eigenvalue weighted by Crippen LogP contribution is 2.36. The van der Waals surface area contributed by atoms with Crippen LogP contribution in [-0.2, 0) is 0 Å². The maximum absolute atomic E-state index is 4.97. The molecule has 0 fully saturated rings. The number of aromatic nitrogens is 2. The first-order valence-corrected chi connectivity index (χ1v) is 10.4. The first-order chi connectivity index (χ1) is 14.4. The number of rotatable bonds is 2. The summed E-state index contributed by atoms with van der Waals surface area (Å²) in [6.07, 6.45) is 1.89. The van der Waals surface area contributed by atoms with Gasteiger partial charge in [0, 0.05) is 28.1 Å². The highest BCUT2D eigenvalue weighted by Gasteiger charge is 2.11. The molecule has 0 unspecified atom stereocenters. The van der Waals surface area contributed by atoms with E-state index in [4.69, 9.17) is 4.98 Å². The molecule has 0 saturated heterocycles. The van der Waals surface area contributed by atoms with Gasteiger partial charge in [0.2, 0.25) is 0 Å². The molecule has 0 saturated carbocycles. The Labute approximate surface area is 172 Å². The van der Waals surface area contributed by atoms with Gasteiger partial charge in [-0.25, -0.2) is 4.98 Å². The molecule has 6 rings (SSSR count). The summed E-state index contributed by atoms with van der Waals surface area (Å²) in [6.45, 7) is 0. The second kappa shape index (κ2) is 6.50. The van der Waals surface area contributed by atoms with Crippen LogP contribution in [-0.4, -0.2) is 9.97 Å². The summed E-state index contributed by atoms with van der Waals surface area (Å²) >= 11 is 1.74. The Morgan fingerprint density at radius 1 is 0.621 bits per heavy atom. The van der Waals surface area contributed by atoms with Crippen molar-refractivity contribution in [2.45, 2.75) is 0 Å². The molecule has 0 amide bonds. The van der Waals surface area contributed by atoms with Crippen molar-refractivity contribution in [3.63, 3.8) is 0 Å². The van der Waals surface area contributed by atoms with E-state index < -0.39 is 0 Å². The summed E-state index contributed by atoms with van der Waals surface area (Å²) in [5.74, 6) is 0. The predicted molar refractivity (Wildman–Crippen MR) is 123 cm³/mol. The van der Waals surface area contributed by atoms with Crippen LogP contribution in [0.15, 0.2) is 97.2 Å². The summed E-state index contributed by atoms with van der Waals surface area (Å²) in [7, 11) is 0. The van der Waals surface area contributed by atoms with E-state index in [9.17, 15) is 0 Å². The number of benzene rings is 4. The molecule has 29 heavy (non-hydrogen) atoms. The van der Waals surface area contributed by atoms with E-state index in [2.05, 4.69) is 89.9 Å². The average molecular weight is 388 g/mol. The third-order valence-corrected chi connectivity index (χ3v) is 6.41. The minimum Gasteiger partial charge on any atom is -0.256 e. The Kier molecular flexibility index (Phi) is 3.68. The van der Waals surface area contributed by atoms with Crippen molar-refractivity contribution in [1.29, 1.82) is 0 Å². The Morgan fingerprint density at radius 3 is 2.41 bits per heavy atom. The molecule has 2 heterocycles. The predicted octanol–water partition coefficient (Wildman–Crippen LogP) is 7.33. The van der Waals surface area contributed by atoms with Gasteiger partial charge >= 0.3 is 0 Å². The van der Waals surface area contributed by atoms with Crippen LogP contribution in [0.25, 0.3) is 53.6 Å². The molecule has 0 aliphatic carbocycles. The molecule has 136 valence electrons. The van der Waals surface area contributed by atoms with Gasteiger partial charge in [0.15, 0.2) is 0 Å². The SMILES string of the molecule is c1ccc(-c2nc3c(ccc4cc(-c5nccc6ccccc56)ccc43)s2)cc1. The van der Waals surface area contributed by atoms with Crippen LogP contribution in [0.2, 0.25) is 0 Å². The second-order valence-corrected chi connectivity index (χ2v) is 8.14. The van der Waals surface area contributed by atoms with Crippen molar-refractivity contribution < 1.29 is 0 Å². The molecule has 0 radical (unpaired) electrons. The normalized spacial score (nSPS) is 11.4. The molecule has 0 atom stereocenters. The smallest absolute Gasteiger partial charge is 0.124 e. The summed E-state index contributed by atoms with van der Waals surface area (Å²) in [5.41, 5.74) is 4.39. The molecule has 3 heteroatoms. The number of thiazole rings is 1. The standard InChI is InChI=1S/C26H16N2S/c1-2-7-18(8-3-1)26-28-25-22-12-10-20(16-19(22)11-13-23(25)29-26)24-21-9-5-4-6-17(21)14-15-27-24/h1-16H. The van der Waals surface area contributed by atoms with Crippen LogP contribution >= 0.6 is 11.3 Å². The van der Waals surface area contributed by atoms with E-state index in [-0.39, 0.29) is 0 Å². The first kappa shape index (κ1) is 16.4. The van der Waals surface area contributed by atoms with E-state index in [1.54, 1.807) is 11.3 Å². The maximum Gasteiger partial charge on any atom is 0.124 e. The maximum atomic E-state index is 4.97. The monoisotopic (exact) mass is 388 g/mol. The van der Waals surface area contributed by atoms with Crippen LogP contribution in [0, 0.1) is 0 Å². The third-order valence-electron chi connectivity index (χ3n) is 5.34. The highest BCUT2D eigenvalue weighted by atomic mass is 32.1. The van der Waals surface area contributed by atoms with Crippen molar-refractivity contribution in [3.8, 4) is 21.8 Å². The molecule has 0 N–H and O–H groups in total.